The van der Waals surface area contributed by atoms with E-state index in [4.69, 9.17) is 4.74 Å². The van der Waals surface area contributed by atoms with Gasteiger partial charge in [0.2, 0.25) is 0 Å². The SMILES string of the molecule is CCOC(=O)C(CCc1cccs1)(CC(C)C)C(=O)O. The fourth-order valence-corrected chi connectivity index (χ4v) is 3.04. The van der Waals surface area contributed by atoms with Gasteiger partial charge in [-0.3, -0.25) is 9.59 Å². The normalized spacial score (nSPS) is 14.0. The number of esters is 1. The lowest BCUT2D eigenvalue weighted by molar-refractivity contribution is -0.170. The van der Waals surface area contributed by atoms with Crippen molar-refractivity contribution in [2.75, 3.05) is 6.61 Å². The molecule has 0 radical (unpaired) electrons. The standard InChI is InChI=1S/C15H22O4S/c1-4-19-14(18)15(13(16)17,10-11(2)3)8-7-12-6-5-9-20-12/h5-6,9,11H,4,7-8,10H2,1-3H3,(H,16,17). The average Bonchev–Trinajstić information content (AvgIpc) is 2.87. The fourth-order valence-electron chi connectivity index (χ4n) is 2.33. The van der Waals surface area contributed by atoms with Crippen LogP contribution in [0.3, 0.4) is 0 Å². The van der Waals surface area contributed by atoms with E-state index in [-0.39, 0.29) is 18.9 Å². The van der Waals surface area contributed by atoms with Crippen LogP contribution < -0.4 is 0 Å². The third-order valence-electron chi connectivity index (χ3n) is 3.21. The summed E-state index contributed by atoms with van der Waals surface area (Å²) in [4.78, 5) is 25.0. The van der Waals surface area contributed by atoms with Crippen LogP contribution in [0.5, 0.6) is 0 Å². The summed E-state index contributed by atoms with van der Waals surface area (Å²) < 4.78 is 5.02. The number of aryl methyl sites for hydroxylation is 1. The van der Waals surface area contributed by atoms with E-state index in [9.17, 15) is 14.7 Å². The predicted molar refractivity (Wildman–Crippen MR) is 78.8 cm³/mol. The molecule has 112 valence electrons. The summed E-state index contributed by atoms with van der Waals surface area (Å²) >= 11 is 1.57. The molecule has 1 aromatic heterocycles. The van der Waals surface area contributed by atoms with Crippen LogP contribution >= 0.6 is 11.3 Å². The van der Waals surface area contributed by atoms with E-state index in [1.165, 1.54) is 0 Å². The van der Waals surface area contributed by atoms with Crippen LogP contribution in [0.1, 0.15) is 38.5 Å². The Morgan fingerprint density at radius 1 is 1.45 bits per heavy atom. The lowest BCUT2D eigenvalue weighted by atomic mass is 9.76. The van der Waals surface area contributed by atoms with Gasteiger partial charge in [-0.2, -0.15) is 0 Å². The molecule has 4 nitrogen and oxygen atoms in total. The first-order valence-corrected chi connectivity index (χ1v) is 7.73. The zero-order valence-electron chi connectivity index (χ0n) is 12.2. The van der Waals surface area contributed by atoms with E-state index in [0.29, 0.717) is 12.8 Å². The van der Waals surface area contributed by atoms with Crippen LogP contribution in [0, 0.1) is 11.3 Å². The number of hydrogen-bond donors (Lipinski definition) is 1. The van der Waals surface area contributed by atoms with Crippen molar-refractivity contribution in [3.05, 3.63) is 22.4 Å². The first-order valence-electron chi connectivity index (χ1n) is 6.85. The van der Waals surface area contributed by atoms with E-state index in [1.807, 2.05) is 31.4 Å². The Morgan fingerprint density at radius 3 is 2.60 bits per heavy atom. The molecule has 1 N–H and O–H groups in total. The van der Waals surface area contributed by atoms with Crippen LogP contribution in [0.15, 0.2) is 17.5 Å². The Labute approximate surface area is 123 Å². The summed E-state index contributed by atoms with van der Waals surface area (Å²) in [5.41, 5.74) is -1.44. The van der Waals surface area contributed by atoms with Gasteiger partial charge in [0, 0.05) is 4.88 Å². The topological polar surface area (TPSA) is 63.6 Å². The Balaban J connectivity index is 2.95. The molecule has 0 saturated carbocycles. The van der Waals surface area contributed by atoms with Gasteiger partial charge in [0.15, 0.2) is 5.41 Å². The van der Waals surface area contributed by atoms with Crippen LogP contribution in [0.4, 0.5) is 0 Å². The molecule has 1 aromatic rings. The minimum atomic E-state index is -1.44. The van der Waals surface area contributed by atoms with Gasteiger partial charge >= 0.3 is 11.9 Å². The van der Waals surface area contributed by atoms with E-state index >= 15 is 0 Å². The van der Waals surface area contributed by atoms with Gasteiger partial charge in [-0.15, -0.1) is 11.3 Å². The van der Waals surface area contributed by atoms with E-state index in [1.54, 1.807) is 18.3 Å². The highest BCUT2D eigenvalue weighted by molar-refractivity contribution is 7.09. The molecule has 20 heavy (non-hydrogen) atoms. The summed E-state index contributed by atoms with van der Waals surface area (Å²) in [7, 11) is 0. The van der Waals surface area contributed by atoms with E-state index in [0.717, 1.165) is 4.88 Å². The van der Waals surface area contributed by atoms with Crippen molar-refractivity contribution in [2.24, 2.45) is 11.3 Å². The van der Waals surface area contributed by atoms with Gasteiger partial charge in [-0.25, -0.2) is 0 Å². The Bertz CT molecular complexity index is 439. The number of rotatable bonds is 8. The first kappa shape index (κ1) is 16.7. The molecule has 0 aliphatic heterocycles. The summed E-state index contributed by atoms with van der Waals surface area (Å²) in [5.74, 6) is -1.59. The number of ether oxygens (including phenoxy) is 1. The maximum atomic E-state index is 12.2. The lowest BCUT2D eigenvalue weighted by Gasteiger charge is -2.28. The molecular formula is C15H22O4S. The van der Waals surface area contributed by atoms with Crippen LogP contribution in [0.25, 0.3) is 0 Å². The number of aliphatic carboxylic acids is 1. The van der Waals surface area contributed by atoms with Crippen LogP contribution in [-0.4, -0.2) is 23.7 Å². The number of carboxylic acid groups (broad SMARTS) is 1. The summed E-state index contributed by atoms with van der Waals surface area (Å²) in [5, 5.41) is 11.5. The molecule has 5 heteroatoms. The summed E-state index contributed by atoms with van der Waals surface area (Å²) in [6.45, 7) is 5.73. The largest absolute Gasteiger partial charge is 0.480 e. The van der Waals surface area contributed by atoms with Gasteiger partial charge < -0.3 is 9.84 Å². The van der Waals surface area contributed by atoms with Gasteiger partial charge in [0.25, 0.3) is 0 Å². The zero-order valence-corrected chi connectivity index (χ0v) is 13.0. The molecule has 0 aromatic carbocycles. The third kappa shape index (κ3) is 4.07. The molecule has 0 fully saturated rings. The number of carboxylic acids is 1. The van der Waals surface area contributed by atoms with Crippen molar-refractivity contribution < 1.29 is 19.4 Å². The molecule has 1 rings (SSSR count). The van der Waals surface area contributed by atoms with Crippen LogP contribution in [-0.2, 0) is 20.7 Å². The molecule has 0 aliphatic carbocycles. The Hall–Kier alpha value is -1.36. The smallest absolute Gasteiger partial charge is 0.323 e. The molecule has 1 atom stereocenters. The van der Waals surface area contributed by atoms with Crippen molar-refractivity contribution in [1.29, 1.82) is 0 Å². The zero-order chi connectivity index (χ0) is 15.2. The highest BCUT2D eigenvalue weighted by atomic mass is 32.1. The van der Waals surface area contributed by atoms with Gasteiger partial charge in [-0.05, 0) is 43.6 Å². The average molecular weight is 298 g/mol. The quantitative estimate of drug-likeness (QED) is 0.590. The van der Waals surface area contributed by atoms with Crippen molar-refractivity contribution in [3.63, 3.8) is 0 Å². The molecule has 0 amide bonds. The minimum Gasteiger partial charge on any atom is -0.480 e. The highest BCUT2D eigenvalue weighted by Gasteiger charge is 2.47. The fraction of sp³-hybridized carbons (Fsp3) is 0.600. The molecule has 0 aliphatic rings. The van der Waals surface area contributed by atoms with Crippen LogP contribution in [0.2, 0.25) is 0 Å². The Kier molecular flexibility index (Phi) is 6.20. The predicted octanol–water partition coefficient (Wildman–Crippen LogP) is 3.36. The molecular weight excluding hydrogens is 276 g/mol. The number of thiophene rings is 1. The second kappa shape index (κ2) is 7.43. The summed E-state index contributed by atoms with van der Waals surface area (Å²) in [6, 6.07) is 3.88. The molecule has 1 heterocycles. The third-order valence-corrected chi connectivity index (χ3v) is 4.15. The number of carbonyl (C=O) groups is 2. The minimum absolute atomic E-state index is 0.110. The number of hydrogen-bond acceptors (Lipinski definition) is 4. The molecule has 1 unspecified atom stereocenters. The second-order valence-electron chi connectivity index (χ2n) is 5.29. The van der Waals surface area contributed by atoms with E-state index < -0.39 is 17.4 Å². The van der Waals surface area contributed by atoms with E-state index in [2.05, 4.69) is 0 Å². The first-order chi connectivity index (χ1) is 9.42. The maximum Gasteiger partial charge on any atom is 0.323 e. The Morgan fingerprint density at radius 2 is 2.15 bits per heavy atom. The number of carbonyl (C=O) groups excluding carboxylic acids is 1. The monoisotopic (exact) mass is 298 g/mol. The van der Waals surface area contributed by atoms with Crippen molar-refractivity contribution in [2.45, 2.75) is 40.0 Å². The van der Waals surface area contributed by atoms with Crippen molar-refractivity contribution >= 4 is 23.3 Å². The highest BCUT2D eigenvalue weighted by Crippen LogP contribution is 2.34. The molecule has 0 spiro atoms. The molecule has 0 saturated heterocycles. The van der Waals surface area contributed by atoms with Gasteiger partial charge in [0.1, 0.15) is 0 Å². The summed E-state index contributed by atoms with van der Waals surface area (Å²) in [6.07, 6.45) is 1.15. The maximum absolute atomic E-state index is 12.2. The molecule has 0 bridgehead atoms. The second-order valence-corrected chi connectivity index (χ2v) is 6.32. The van der Waals surface area contributed by atoms with Gasteiger partial charge in [0.05, 0.1) is 6.61 Å². The van der Waals surface area contributed by atoms with Crippen molar-refractivity contribution in [1.82, 2.24) is 0 Å². The lowest BCUT2D eigenvalue weighted by Crippen LogP contribution is -2.42. The van der Waals surface area contributed by atoms with Gasteiger partial charge in [-0.1, -0.05) is 19.9 Å². The van der Waals surface area contributed by atoms with Crippen molar-refractivity contribution in [3.8, 4) is 0 Å².